The quantitative estimate of drug-likeness (QED) is 0.0373. The number of aliphatic hydroxyl groups is 1. The van der Waals surface area contributed by atoms with E-state index in [1.165, 1.54) is 347 Å². The SMILES string of the molecule is CCCCCCC/C=C\C/C=C\CCCCCCCCCCCCCCCCCCCCCCCCCCCCCC(=O)OC(CO)COC(=O)CCCCCCCCCCCCCCCCCCCCC/C=C\C/C=C\CCCCCCC. The first kappa shape index (κ1) is 81.9. The summed E-state index contributed by atoms with van der Waals surface area (Å²) in [6, 6.07) is 0. The monoisotopic (exact) mass is 1180 g/mol. The van der Waals surface area contributed by atoms with Crippen molar-refractivity contribution in [3.8, 4) is 0 Å². The van der Waals surface area contributed by atoms with Crippen LogP contribution in [0.5, 0.6) is 0 Å². The third kappa shape index (κ3) is 72.3. The lowest BCUT2D eigenvalue weighted by Gasteiger charge is -2.15. The van der Waals surface area contributed by atoms with Crippen LogP contribution < -0.4 is 0 Å². The van der Waals surface area contributed by atoms with Gasteiger partial charge in [-0.3, -0.25) is 9.59 Å². The molecule has 0 saturated heterocycles. The van der Waals surface area contributed by atoms with Crippen LogP contribution in [0.25, 0.3) is 0 Å². The van der Waals surface area contributed by atoms with Gasteiger partial charge in [-0.2, -0.15) is 0 Å². The maximum absolute atomic E-state index is 12.4. The standard InChI is InChI=1S/C79H148O5/c1-3-5-7-9-11-13-15-17-19-21-23-25-27-29-31-33-35-36-37-38-39-40-41-42-44-46-48-50-52-54-56-58-60-62-64-66-68-70-72-74-79(82)84-77(75-80)76-83-78(81)73-71-69-67-65-63-61-59-57-55-53-51-49-47-45-43-34-32-30-28-26-24-22-20-18-16-14-12-10-8-6-4-2/h15-18,21-24,77,80H,3-14,19-20,25-76H2,1-2H3/b17-15-,18-16-,23-21-,24-22-. The molecule has 0 amide bonds. The van der Waals surface area contributed by atoms with E-state index in [4.69, 9.17) is 9.47 Å². The molecule has 0 aliphatic rings. The summed E-state index contributed by atoms with van der Waals surface area (Å²) < 4.78 is 10.8. The topological polar surface area (TPSA) is 72.8 Å². The van der Waals surface area contributed by atoms with Gasteiger partial charge >= 0.3 is 11.9 Å². The molecular formula is C79H148O5. The average molecular weight is 1180 g/mol. The van der Waals surface area contributed by atoms with Gasteiger partial charge in [0.05, 0.1) is 6.61 Å². The third-order valence-electron chi connectivity index (χ3n) is 17.6. The van der Waals surface area contributed by atoms with Crippen LogP contribution in [0.4, 0.5) is 0 Å². The fraction of sp³-hybridized carbons (Fsp3) is 0.873. The molecule has 84 heavy (non-hydrogen) atoms. The number of esters is 2. The highest BCUT2D eigenvalue weighted by Gasteiger charge is 2.16. The van der Waals surface area contributed by atoms with E-state index in [0.29, 0.717) is 12.8 Å². The number of hydrogen-bond donors (Lipinski definition) is 1. The lowest BCUT2D eigenvalue weighted by Crippen LogP contribution is -2.28. The second-order valence-electron chi connectivity index (χ2n) is 26.1. The molecule has 0 bridgehead atoms. The van der Waals surface area contributed by atoms with Crippen LogP contribution in [0.2, 0.25) is 0 Å². The van der Waals surface area contributed by atoms with Crippen LogP contribution >= 0.6 is 0 Å². The molecule has 0 saturated carbocycles. The molecule has 494 valence electrons. The largest absolute Gasteiger partial charge is 0.462 e. The Hall–Kier alpha value is -2.14. The van der Waals surface area contributed by atoms with E-state index in [-0.39, 0.29) is 25.2 Å². The zero-order chi connectivity index (χ0) is 60.5. The van der Waals surface area contributed by atoms with Crippen molar-refractivity contribution in [1.29, 1.82) is 0 Å². The second kappa shape index (κ2) is 75.1. The minimum Gasteiger partial charge on any atom is -0.462 e. The fourth-order valence-corrected chi connectivity index (χ4v) is 11.9. The Bertz CT molecular complexity index is 1380. The van der Waals surface area contributed by atoms with Crippen molar-refractivity contribution in [1.82, 2.24) is 0 Å². The van der Waals surface area contributed by atoms with E-state index in [0.717, 1.165) is 51.4 Å². The van der Waals surface area contributed by atoms with Crippen molar-refractivity contribution in [2.24, 2.45) is 0 Å². The number of hydrogen-bond acceptors (Lipinski definition) is 5. The molecule has 0 radical (unpaired) electrons. The van der Waals surface area contributed by atoms with E-state index in [1.54, 1.807) is 0 Å². The first-order chi connectivity index (χ1) is 41.6. The fourth-order valence-electron chi connectivity index (χ4n) is 11.9. The van der Waals surface area contributed by atoms with Crippen LogP contribution in [0.3, 0.4) is 0 Å². The summed E-state index contributed by atoms with van der Waals surface area (Å²) in [7, 11) is 0. The van der Waals surface area contributed by atoms with Gasteiger partial charge in [-0.1, -0.05) is 383 Å². The zero-order valence-electron chi connectivity index (χ0n) is 56.9. The summed E-state index contributed by atoms with van der Waals surface area (Å²) in [6.07, 6.45) is 102. The Labute approximate surface area is 526 Å². The zero-order valence-corrected chi connectivity index (χ0v) is 56.9. The third-order valence-corrected chi connectivity index (χ3v) is 17.6. The van der Waals surface area contributed by atoms with E-state index < -0.39 is 6.10 Å². The van der Waals surface area contributed by atoms with Crippen molar-refractivity contribution >= 4 is 11.9 Å². The molecule has 0 aromatic rings. The number of carbonyl (C=O) groups is 2. The highest BCUT2D eigenvalue weighted by Crippen LogP contribution is 2.19. The van der Waals surface area contributed by atoms with Crippen molar-refractivity contribution in [3.05, 3.63) is 48.6 Å². The summed E-state index contributed by atoms with van der Waals surface area (Å²) in [6.45, 7) is 4.18. The van der Waals surface area contributed by atoms with Gasteiger partial charge in [0.25, 0.3) is 0 Å². The van der Waals surface area contributed by atoms with Gasteiger partial charge in [0.15, 0.2) is 6.10 Å². The van der Waals surface area contributed by atoms with Gasteiger partial charge in [0.2, 0.25) is 0 Å². The number of aliphatic hydroxyl groups excluding tert-OH is 1. The van der Waals surface area contributed by atoms with E-state index in [2.05, 4.69) is 62.5 Å². The number of allylic oxidation sites excluding steroid dienone is 8. The Balaban J connectivity index is 3.37. The summed E-state index contributed by atoms with van der Waals surface area (Å²) in [4.78, 5) is 24.7. The summed E-state index contributed by atoms with van der Waals surface area (Å²) >= 11 is 0. The predicted octanol–water partition coefficient (Wildman–Crippen LogP) is 26.7. The minimum absolute atomic E-state index is 0.0594. The van der Waals surface area contributed by atoms with Gasteiger partial charge < -0.3 is 14.6 Å². The van der Waals surface area contributed by atoms with Gasteiger partial charge in [0.1, 0.15) is 6.61 Å². The van der Waals surface area contributed by atoms with Gasteiger partial charge in [-0.15, -0.1) is 0 Å². The predicted molar refractivity (Wildman–Crippen MR) is 371 cm³/mol. The second-order valence-corrected chi connectivity index (χ2v) is 26.1. The molecule has 0 heterocycles. The molecule has 1 N–H and O–H groups in total. The highest BCUT2D eigenvalue weighted by atomic mass is 16.6. The minimum atomic E-state index is -0.770. The highest BCUT2D eigenvalue weighted by molar-refractivity contribution is 5.70. The van der Waals surface area contributed by atoms with Gasteiger partial charge in [-0.25, -0.2) is 0 Å². The number of unbranched alkanes of at least 4 members (excludes halogenated alkanes) is 56. The van der Waals surface area contributed by atoms with E-state index in [9.17, 15) is 14.7 Å². The summed E-state index contributed by atoms with van der Waals surface area (Å²) in [5, 5.41) is 9.72. The maximum Gasteiger partial charge on any atom is 0.306 e. The first-order valence-electron chi connectivity index (χ1n) is 38.2. The lowest BCUT2D eigenvalue weighted by atomic mass is 10.0. The average Bonchev–Trinajstić information content (AvgIpc) is 3.51. The molecule has 0 aromatic carbocycles. The van der Waals surface area contributed by atoms with E-state index >= 15 is 0 Å². The molecule has 0 aromatic heterocycles. The Kier molecular flexibility index (Phi) is 73.2. The van der Waals surface area contributed by atoms with Crippen molar-refractivity contribution in [2.75, 3.05) is 13.2 Å². The summed E-state index contributed by atoms with van der Waals surface area (Å²) in [5.74, 6) is -0.564. The molecule has 1 unspecified atom stereocenters. The number of ether oxygens (including phenoxy) is 2. The first-order valence-corrected chi connectivity index (χ1v) is 38.2. The Morgan fingerprint density at radius 3 is 0.702 bits per heavy atom. The smallest absolute Gasteiger partial charge is 0.306 e. The molecule has 5 nitrogen and oxygen atoms in total. The van der Waals surface area contributed by atoms with Crippen LogP contribution in [-0.2, 0) is 19.1 Å². The molecular weight excluding hydrogens is 1030 g/mol. The van der Waals surface area contributed by atoms with Crippen molar-refractivity contribution in [2.45, 2.75) is 431 Å². The molecule has 0 aliphatic heterocycles. The molecule has 1 atom stereocenters. The van der Waals surface area contributed by atoms with Crippen molar-refractivity contribution in [3.63, 3.8) is 0 Å². The molecule has 0 fully saturated rings. The van der Waals surface area contributed by atoms with Gasteiger partial charge in [-0.05, 0) is 77.0 Å². The molecule has 0 rings (SSSR count). The normalized spacial score (nSPS) is 12.4. The molecule has 0 spiro atoms. The van der Waals surface area contributed by atoms with Crippen LogP contribution in [0, 0.1) is 0 Å². The summed E-state index contributed by atoms with van der Waals surface area (Å²) in [5.41, 5.74) is 0. The molecule has 0 aliphatic carbocycles. The van der Waals surface area contributed by atoms with Crippen LogP contribution in [0.1, 0.15) is 425 Å². The van der Waals surface area contributed by atoms with Crippen LogP contribution in [-0.4, -0.2) is 36.4 Å². The number of rotatable bonds is 72. The van der Waals surface area contributed by atoms with Crippen molar-refractivity contribution < 1.29 is 24.2 Å². The van der Waals surface area contributed by atoms with Gasteiger partial charge in [0, 0.05) is 12.8 Å². The Morgan fingerprint density at radius 2 is 0.476 bits per heavy atom. The maximum atomic E-state index is 12.4. The Morgan fingerprint density at radius 1 is 0.274 bits per heavy atom. The van der Waals surface area contributed by atoms with E-state index in [1.807, 2.05) is 0 Å². The number of carbonyl (C=O) groups excluding carboxylic acids is 2. The molecule has 5 heteroatoms. The van der Waals surface area contributed by atoms with Crippen LogP contribution in [0.15, 0.2) is 48.6 Å². The lowest BCUT2D eigenvalue weighted by molar-refractivity contribution is -0.161.